The number of nitro groups is 1. The summed E-state index contributed by atoms with van der Waals surface area (Å²) in [6.45, 7) is 1.99. The Morgan fingerprint density at radius 1 is 0.912 bits per heavy atom. The molecule has 174 valence electrons. The van der Waals surface area contributed by atoms with Crippen LogP contribution in [0.15, 0.2) is 84.6 Å². The van der Waals surface area contributed by atoms with Crippen molar-refractivity contribution >= 4 is 29.3 Å². The van der Waals surface area contributed by atoms with E-state index in [0.717, 1.165) is 5.75 Å². The van der Waals surface area contributed by atoms with Gasteiger partial charge < -0.3 is 20.1 Å². The fourth-order valence-electron chi connectivity index (χ4n) is 2.91. The monoisotopic (exact) mass is 461 g/mol. The molecule has 0 radical (unpaired) electrons. The Kier molecular flexibility index (Phi) is 8.34. The molecule has 3 rings (SSSR count). The SMILES string of the molecule is CC(=O)NC(=Cc1cccc([N+](=O)[O-])c1)C(=O)Nc1ccc(OCCOc2ccccc2)cc1. The van der Waals surface area contributed by atoms with E-state index < -0.39 is 16.7 Å². The Morgan fingerprint density at radius 2 is 1.56 bits per heavy atom. The Hall–Kier alpha value is -4.66. The van der Waals surface area contributed by atoms with E-state index in [1.807, 2.05) is 30.3 Å². The minimum Gasteiger partial charge on any atom is -0.490 e. The zero-order valence-electron chi connectivity index (χ0n) is 18.4. The summed E-state index contributed by atoms with van der Waals surface area (Å²) in [4.78, 5) is 34.7. The number of ether oxygens (including phenoxy) is 2. The topological polar surface area (TPSA) is 120 Å². The van der Waals surface area contributed by atoms with Crippen molar-refractivity contribution < 1.29 is 24.0 Å². The average Bonchev–Trinajstić information content (AvgIpc) is 2.83. The molecule has 34 heavy (non-hydrogen) atoms. The maximum atomic E-state index is 12.7. The van der Waals surface area contributed by atoms with Crippen LogP contribution < -0.4 is 20.1 Å². The van der Waals surface area contributed by atoms with E-state index in [2.05, 4.69) is 10.6 Å². The first-order chi connectivity index (χ1) is 16.4. The van der Waals surface area contributed by atoms with Gasteiger partial charge in [-0.25, -0.2) is 0 Å². The number of hydrogen-bond donors (Lipinski definition) is 2. The van der Waals surface area contributed by atoms with Crippen molar-refractivity contribution in [3.63, 3.8) is 0 Å². The predicted molar refractivity (Wildman–Crippen MR) is 127 cm³/mol. The number of nitrogens with zero attached hydrogens (tertiary/aromatic N) is 1. The number of hydrogen-bond acceptors (Lipinski definition) is 6. The second-order valence-electron chi connectivity index (χ2n) is 7.08. The van der Waals surface area contributed by atoms with Crippen LogP contribution in [0.2, 0.25) is 0 Å². The van der Waals surface area contributed by atoms with E-state index in [1.54, 1.807) is 30.3 Å². The molecule has 0 atom stereocenters. The number of nitro benzene ring substituents is 1. The van der Waals surface area contributed by atoms with Crippen molar-refractivity contribution in [2.24, 2.45) is 0 Å². The van der Waals surface area contributed by atoms with Crippen molar-refractivity contribution in [1.82, 2.24) is 5.32 Å². The lowest BCUT2D eigenvalue weighted by atomic mass is 10.1. The Balaban J connectivity index is 1.60. The van der Waals surface area contributed by atoms with Gasteiger partial charge in [-0.2, -0.15) is 0 Å². The van der Waals surface area contributed by atoms with Crippen molar-refractivity contribution in [3.8, 4) is 11.5 Å². The number of carbonyl (C=O) groups is 2. The molecule has 0 aliphatic heterocycles. The molecule has 0 spiro atoms. The molecule has 0 saturated carbocycles. The second-order valence-corrected chi connectivity index (χ2v) is 7.08. The van der Waals surface area contributed by atoms with Gasteiger partial charge in [0.15, 0.2) is 0 Å². The standard InChI is InChI=1S/C25H23N3O6/c1-18(29)26-24(17-19-6-5-7-21(16-19)28(31)32)25(30)27-20-10-12-23(13-11-20)34-15-14-33-22-8-3-2-4-9-22/h2-13,16-17H,14-15H2,1H3,(H,26,29)(H,27,30). The Labute approximate surface area is 196 Å². The van der Waals surface area contributed by atoms with E-state index in [0.29, 0.717) is 30.2 Å². The van der Waals surface area contributed by atoms with Crippen LogP contribution in [0.25, 0.3) is 6.08 Å². The fourth-order valence-corrected chi connectivity index (χ4v) is 2.91. The van der Waals surface area contributed by atoms with Gasteiger partial charge in [-0.3, -0.25) is 19.7 Å². The number of benzene rings is 3. The van der Waals surface area contributed by atoms with Gasteiger partial charge in [0.05, 0.1) is 4.92 Å². The molecule has 3 aromatic carbocycles. The molecule has 0 fully saturated rings. The van der Waals surface area contributed by atoms with Crippen LogP contribution in [-0.4, -0.2) is 30.0 Å². The van der Waals surface area contributed by atoms with Crippen LogP contribution in [0.1, 0.15) is 12.5 Å². The third kappa shape index (κ3) is 7.49. The molecule has 0 bridgehead atoms. The third-order valence-corrected chi connectivity index (χ3v) is 4.42. The summed E-state index contributed by atoms with van der Waals surface area (Å²) in [5, 5.41) is 16.1. The van der Waals surface area contributed by atoms with Crippen LogP contribution in [0.4, 0.5) is 11.4 Å². The highest BCUT2D eigenvalue weighted by Gasteiger charge is 2.13. The van der Waals surface area contributed by atoms with E-state index in [1.165, 1.54) is 31.2 Å². The maximum absolute atomic E-state index is 12.7. The molecular formula is C25H23N3O6. The lowest BCUT2D eigenvalue weighted by Crippen LogP contribution is -2.28. The van der Waals surface area contributed by atoms with E-state index in [-0.39, 0.29) is 11.4 Å². The molecule has 2 N–H and O–H groups in total. The molecule has 0 aromatic heterocycles. The van der Waals surface area contributed by atoms with Crippen LogP contribution in [0.3, 0.4) is 0 Å². The zero-order chi connectivity index (χ0) is 24.3. The number of anilines is 1. The molecule has 0 unspecified atom stereocenters. The second kappa shape index (κ2) is 11.8. The van der Waals surface area contributed by atoms with Crippen molar-refractivity contribution in [2.45, 2.75) is 6.92 Å². The number of para-hydroxylation sites is 1. The van der Waals surface area contributed by atoms with Crippen molar-refractivity contribution in [3.05, 3.63) is 100 Å². The highest BCUT2D eigenvalue weighted by molar-refractivity contribution is 6.08. The molecular weight excluding hydrogens is 438 g/mol. The van der Waals surface area contributed by atoms with Gasteiger partial charge in [0.1, 0.15) is 30.4 Å². The zero-order valence-corrected chi connectivity index (χ0v) is 18.4. The van der Waals surface area contributed by atoms with Gasteiger partial charge in [-0.05, 0) is 48.0 Å². The normalized spacial score (nSPS) is 10.8. The van der Waals surface area contributed by atoms with E-state index in [4.69, 9.17) is 9.47 Å². The van der Waals surface area contributed by atoms with Gasteiger partial charge in [-0.15, -0.1) is 0 Å². The van der Waals surface area contributed by atoms with Gasteiger partial charge in [0.25, 0.3) is 11.6 Å². The molecule has 0 saturated heterocycles. The van der Waals surface area contributed by atoms with E-state index >= 15 is 0 Å². The Morgan fingerprint density at radius 3 is 2.18 bits per heavy atom. The minimum atomic E-state index is -0.577. The number of rotatable bonds is 10. The average molecular weight is 461 g/mol. The molecule has 9 nitrogen and oxygen atoms in total. The van der Waals surface area contributed by atoms with Crippen molar-refractivity contribution in [2.75, 3.05) is 18.5 Å². The molecule has 2 amide bonds. The Bertz CT molecular complexity index is 1180. The lowest BCUT2D eigenvalue weighted by Gasteiger charge is -2.11. The first-order valence-electron chi connectivity index (χ1n) is 10.4. The summed E-state index contributed by atoms with van der Waals surface area (Å²) in [5.41, 5.74) is 0.704. The van der Waals surface area contributed by atoms with Gasteiger partial charge in [-0.1, -0.05) is 30.3 Å². The summed E-state index contributed by atoms with van der Waals surface area (Å²) in [5.74, 6) is 0.334. The van der Waals surface area contributed by atoms with Crippen LogP contribution in [0, 0.1) is 10.1 Å². The quantitative estimate of drug-likeness (QED) is 0.202. The number of amides is 2. The maximum Gasteiger partial charge on any atom is 0.272 e. The first-order valence-corrected chi connectivity index (χ1v) is 10.4. The third-order valence-electron chi connectivity index (χ3n) is 4.42. The summed E-state index contributed by atoms with van der Waals surface area (Å²) in [6, 6.07) is 21.9. The first kappa shape index (κ1) is 24.0. The van der Waals surface area contributed by atoms with Crippen LogP contribution in [-0.2, 0) is 9.59 Å². The summed E-state index contributed by atoms with van der Waals surface area (Å²) < 4.78 is 11.2. The molecule has 3 aromatic rings. The number of carbonyl (C=O) groups excluding carboxylic acids is 2. The molecule has 9 heteroatoms. The highest BCUT2D eigenvalue weighted by Crippen LogP contribution is 2.18. The van der Waals surface area contributed by atoms with E-state index in [9.17, 15) is 19.7 Å². The van der Waals surface area contributed by atoms with Crippen molar-refractivity contribution in [1.29, 1.82) is 0 Å². The summed E-state index contributed by atoms with van der Waals surface area (Å²) >= 11 is 0. The predicted octanol–water partition coefficient (Wildman–Crippen LogP) is 4.17. The van der Waals surface area contributed by atoms with Gasteiger partial charge >= 0.3 is 0 Å². The van der Waals surface area contributed by atoms with Crippen LogP contribution in [0.5, 0.6) is 11.5 Å². The molecule has 0 aliphatic carbocycles. The minimum absolute atomic E-state index is 0.0496. The van der Waals surface area contributed by atoms with Gasteiger partial charge in [0, 0.05) is 24.7 Å². The summed E-state index contributed by atoms with van der Waals surface area (Å²) in [6.07, 6.45) is 1.37. The lowest BCUT2D eigenvalue weighted by molar-refractivity contribution is -0.384. The number of non-ortho nitro benzene ring substituents is 1. The highest BCUT2D eigenvalue weighted by atomic mass is 16.6. The number of nitrogens with one attached hydrogen (secondary N) is 2. The smallest absolute Gasteiger partial charge is 0.272 e. The van der Waals surface area contributed by atoms with Gasteiger partial charge in [0.2, 0.25) is 5.91 Å². The fraction of sp³-hybridized carbons (Fsp3) is 0.120. The van der Waals surface area contributed by atoms with Crippen LogP contribution >= 0.6 is 0 Å². The summed E-state index contributed by atoms with van der Waals surface area (Å²) in [7, 11) is 0. The molecule has 0 heterocycles. The molecule has 0 aliphatic rings. The largest absolute Gasteiger partial charge is 0.490 e.